The smallest absolute Gasteiger partial charge is 0.318 e. The molecule has 2 aromatic heterocycles. The van der Waals surface area contributed by atoms with Crippen LogP contribution in [0.15, 0.2) is 48.9 Å². The van der Waals surface area contributed by atoms with Crippen LogP contribution in [0.4, 0.5) is 19.0 Å². The van der Waals surface area contributed by atoms with Crippen molar-refractivity contribution >= 4 is 45.0 Å². The predicted molar refractivity (Wildman–Crippen MR) is 169 cm³/mol. The van der Waals surface area contributed by atoms with Crippen LogP contribution >= 0.6 is 11.6 Å². The first-order valence-electron chi connectivity index (χ1n) is 14.3. The number of amides is 1. The van der Waals surface area contributed by atoms with Crippen LogP contribution in [0.2, 0.25) is 5.02 Å². The average molecular weight is 640 g/mol. The molecule has 0 N–H and O–H groups in total. The molecule has 0 radical (unpaired) electrons. The van der Waals surface area contributed by atoms with Gasteiger partial charge in [-0.2, -0.15) is 15.2 Å². The van der Waals surface area contributed by atoms with E-state index in [2.05, 4.69) is 33.4 Å². The summed E-state index contributed by atoms with van der Waals surface area (Å²) in [6.07, 6.45) is 2.86. The molecule has 2 aliphatic heterocycles. The van der Waals surface area contributed by atoms with Crippen molar-refractivity contribution in [2.75, 3.05) is 57.8 Å². The van der Waals surface area contributed by atoms with E-state index in [0.29, 0.717) is 40.6 Å². The molecule has 2 aliphatic rings. The van der Waals surface area contributed by atoms with Gasteiger partial charge in [0.15, 0.2) is 11.6 Å². The standard InChI is InChI=1S/C25H19ClF3N5O2.C5H11N.C2H3N/c1-13(27)24(35)34-10-8-33(9-11-34)23-16-12-30-21(20(29)22(16)31-25(32-23)36-2)15-5-3-4-14-6-7-17(28)19(26)18(14)15;1-2-6-4-3-5-6;1-2-3/h3-7,12H,1,8-11H2,2H3;2-5H2,1H3;1H3. The number of nitrogens with zero attached hydrogens (tertiary/aromatic N) is 7. The highest BCUT2D eigenvalue weighted by Crippen LogP contribution is 2.38. The number of fused-ring (bicyclic) bond motifs is 2. The third-order valence-corrected chi connectivity index (χ3v) is 7.88. The minimum absolute atomic E-state index is 0.0398. The SMILES string of the molecule is C=C(F)C(=O)N1CCN(c2nc(OC)nc3c(F)c(-c4cccc5ccc(F)c(Cl)c45)ncc23)CC1.CC#N.CCN1CCC1. The lowest BCUT2D eigenvalue weighted by Gasteiger charge is -2.35. The lowest BCUT2D eigenvalue weighted by atomic mass is 10.0. The lowest BCUT2D eigenvalue weighted by Crippen LogP contribution is -2.49. The fourth-order valence-electron chi connectivity index (χ4n) is 5.04. The summed E-state index contributed by atoms with van der Waals surface area (Å²) in [6, 6.07) is 9.56. The first-order chi connectivity index (χ1) is 21.6. The van der Waals surface area contributed by atoms with Crippen molar-refractivity contribution in [2.24, 2.45) is 0 Å². The second-order valence-corrected chi connectivity index (χ2v) is 10.6. The van der Waals surface area contributed by atoms with Gasteiger partial charge in [-0.25, -0.2) is 13.2 Å². The number of carbonyl (C=O) groups excluding carboxylic acids is 1. The summed E-state index contributed by atoms with van der Waals surface area (Å²) in [5.41, 5.74) is 0.223. The van der Waals surface area contributed by atoms with E-state index in [1.807, 2.05) is 4.90 Å². The maximum atomic E-state index is 16.0. The Bertz CT molecular complexity index is 1750. The van der Waals surface area contributed by atoms with E-state index in [1.54, 1.807) is 30.3 Å². The average Bonchev–Trinajstić information content (AvgIpc) is 3.02. The molecule has 0 saturated carbocycles. The second-order valence-electron chi connectivity index (χ2n) is 10.2. The number of hydrogen-bond acceptors (Lipinski definition) is 8. The Kier molecular flexibility index (Phi) is 11.1. The second kappa shape index (κ2) is 15.0. The summed E-state index contributed by atoms with van der Waals surface area (Å²) < 4.78 is 48.7. The number of rotatable bonds is 5. The number of pyridine rings is 1. The molecule has 0 unspecified atom stereocenters. The molecule has 6 rings (SSSR count). The monoisotopic (exact) mass is 639 g/mol. The Morgan fingerprint density at radius 2 is 1.80 bits per heavy atom. The van der Waals surface area contributed by atoms with Crippen molar-refractivity contribution in [1.82, 2.24) is 24.8 Å². The van der Waals surface area contributed by atoms with E-state index in [-0.39, 0.29) is 35.3 Å². The summed E-state index contributed by atoms with van der Waals surface area (Å²) in [7, 11) is 1.36. The van der Waals surface area contributed by atoms with Crippen LogP contribution in [-0.2, 0) is 4.79 Å². The molecule has 2 aromatic carbocycles. The Morgan fingerprint density at radius 3 is 2.36 bits per heavy atom. The van der Waals surface area contributed by atoms with Gasteiger partial charge in [0, 0.05) is 50.2 Å². The third-order valence-electron chi connectivity index (χ3n) is 7.51. The molecular weight excluding hydrogens is 607 g/mol. The minimum Gasteiger partial charge on any atom is -0.467 e. The van der Waals surface area contributed by atoms with E-state index in [9.17, 15) is 13.6 Å². The first kappa shape index (κ1) is 33.4. The van der Waals surface area contributed by atoms with Gasteiger partial charge >= 0.3 is 6.01 Å². The molecule has 4 aromatic rings. The molecule has 2 saturated heterocycles. The van der Waals surface area contributed by atoms with Gasteiger partial charge in [0.2, 0.25) is 0 Å². The molecule has 0 spiro atoms. The van der Waals surface area contributed by atoms with Crippen molar-refractivity contribution in [3.05, 3.63) is 65.6 Å². The molecule has 1 amide bonds. The highest BCUT2D eigenvalue weighted by Gasteiger charge is 2.27. The Hall–Kier alpha value is -4.47. The van der Waals surface area contributed by atoms with Crippen molar-refractivity contribution in [3.63, 3.8) is 0 Å². The quantitative estimate of drug-likeness (QED) is 0.240. The number of benzene rings is 2. The maximum Gasteiger partial charge on any atom is 0.318 e. The molecule has 4 heterocycles. The number of ether oxygens (including phenoxy) is 1. The number of aromatic nitrogens is 3. The molecule has 0 bridgehead atoms. The van der Waals surface area contributed by atoms with Gasteiger partial charge in [-0.05, 0) is 37.5 Å². The zero-order chi connectivity index (χ0) is 32.7. The topological polar surface area (TPSA) is 98.5 Å². The van der Waals surface area contributed by atoms with Gasteiger partial charge in [-0.15, -0.1) is 0 Å². The zero-order valence-corrected chi connectivity index (χ0v) is 26.0. The molecule has 2 fully saturated rings. The summed E-state index contributed by atoms with van der Waals surface area (Å²) in [4.78, 5) is 30.4. The van der Waals surface area contributed by atoms with Crippen LogP contribution in [0, 0.1) is 23.0 Å². The molecule has 9 nitrogen and oxygen atoms in total. The number of likely N-dealkylation sites (tertiary alicyclic amines) is 1. The number of hydrogen-bond donors (Lipinski definition) is 0. The van der Waals surface area contributed by atoms with E-state index < -0.39 is 23.4 Å². The van der Waals surface area contributed by atoms with E-state index >= 15 is 4.39 Å². The van der Waals surface area contributed by atoms with E-state index in [4.69, 9.17) is 21.6 Å². The molecule has 0 atom stereocenters. The number of halogens is 4. The Labute approximate surface area is 264 Å². The molecule has 0 aliphatic carbocycles. The van der Waals surface area contributed by atoms with Crippen LogP contribution in [0.25, 0.3) is 32.9 Å². The summed E-state index contributed by atoms with van der Waals surface area (Å²) in [6.45, 7) is 11.7. The van der Waals surface area contributed by atoms with Gasteiger partial charge in [0.05, 0.1) is 23.6 Å². The fraction of sp³-hybridized carbons (Fsp3) is 0.344. The number of carbonyl (C=O) groups is 1. The van der Waals surface area contributed by atoms with E-state index in [0.717, 1.165) is 0 Å². The Balaban J connectivity index is 0.000000446. The number of nitriles is 1. The van der Waals surface area contributed by atoms with Gasteiger partial charge < -0.3 is 19.4 Å². The highest BCUT2D eigenvalue weighted by molar-refractivity contribution is 6.36. The van der Waals surface area contributed by atoms with Crippen LogP contribution in [0.1, 0.15) is 20.3 Å². The van der Waals surface area contributed by atoms with Crippen LogP contribution in [0.3, 0.4) is 0 Å². The van der Waals surface area contributed by atoms with Crippen molar-refractivity contribution in [1.29, 1.82) is 5.26 Å². The number of piperazine rings is 1. The third kappa shape index (κ3) is 7.27. The molecule has 45 heavy (non-hydrogen) atoms. The summed E-state index contributed by atoms with van der Waals surface area (Å²) in [5, 5.41) is 8.48. The van der Waals surface area contributed by atoms with Crippen molar-refractivity contribution in [2.45, 2.75) is 20.3 Å². The molecule has 236 valence electrons. The van der Waals surface area contributed by atoms with Crippen LogP contribution < -0.4 is 9.64 Å². The summed E-state index contributed by atoms with van der Waals surface area (Å²) in [5.74, 6) is -2.79. The maximum absolute atomic E-state index is 16.0. The first-order valence-corrected chi connectivity index (χ1v) is 14.7. The van der Waals surface area contributed by atoms with Gasteiger partial charge in [-0.1, -0.05) is 49.4 Å². The van der Waals surface area contributed by atoms with Gasteiger partial charge in [-0.3, -0.25) is 9.78 Å². The van der Waals surface area contributed by atoms with Crippen molar-refractivity contribution < 1.29 is 22.7 Å². The van der Waals surface area contributed by atoms with Crippen LogP contribution in [0.5, 0.6) is 6.01 Å². The number of methoxy groups -OCH3 is 1. The van der Waals surface area contributed by atoms with Crippen LogP contribution in [-0.4, -0.2) is 83.6 Å². The highest BCUT2D eigenvalue weighted by atomic mass is 35.5. The molecule has 13 heteroatoms. The van der Waals surface area contributed by atoms with E-state index in [1.165, 1.54) is 57.3 Å². The normalized spacial score (nSPS) is 14.4. The number of anilines is 1. The minimum atomic E-state index is -1.02. The largest absolute Gasteiger partial charge is 0.467 e. The summed E-state index contributed by atoms with van der Waals surface area (Å²) >= 11 is 6.25. The molecular formula is C32H33ClF3N7O2. The van der Waals surface area contributed by atoms with Crippen molar-refractivity contribution in [3.8, 4) is 23.3 Å². The predicted octanol–water partition coefficient (Wildman–Crippen LogP) is 6.16. The van der Waals surface area contributed by atoms with Gasteiger partial charge in [0.25, 0.3) is 5.91 Å². The zero-order valence-electron chi connectivity index (χ0n) is 25.3. The lowest BCUT2D eigenvalue weighted by molar-refractivity contribution is -0.128. The fourth-order valence-corrected chi connectivity index (χ4v) is 5.31. The Morgan fingerprint density at radius 1 is 1.11 bits per heavy atom. The van der Waals surface area contributed by atoms with Gasteiger partial charge in [0.1, 0.15) is 22.8 Å².